The van der Waals surface area contributed by atoms with Gasteiger partial charge in [0.15, 0.2) is 5.69 Å². The number of aliphatic hydroxyl groups is 1. The van der Waals surface area contributed by atoms with Gasteiger partial charge in [-0.2, -0.15) is 5.10 Å². The fourth-order valence-electron chi connectivity index (χ4n) is 3.55. The van der Waals surface area contributed by atoms with Crippen LogP contribution in [0.5, 0.6) is 5.75 Å². The first kappa shape index (κ1) is 16.4. The highest BCUT2D eigenvalue weighted by Crippen LogP contribution is 2.40. The first-order chi connectivity index (χ1) is 12.0. The van der Waals surface area contributed by atoms with Crippen molar-refractivity contribution in [1.82, 2.24) is 15.5 Å². The van der Waals surface area contributed by atoms with Crippen LogP contribution in [0.4, 0.5) is 0 Å². The summed E-state index contributed by atoms with van der Waals surface area (Å²) in [7, 11) is 0. The Morgan fingerprint density at radius 3 is 2.96 bits per heavy atom. The van der Waals surface area contributed by atoms with Gasteiger partial charge in [-0.1, -0.05) is 17.7 Å². The minimum Gasteiger partial charge on any atom is -0.493 e. The number of aryl methyl sites for hydroxylation is 1. The van der Waals surface area contributed by atoms with Crippen LogP contribution < -0.4 is 10.1 Å². The maximum Gasteiger partial charge on any atom is 0.273 e. The minimum absolute atomic E-state index is 0.185. The molecule has 1 fully saturated rings. The van der Waals surface area contributed by atoms with Gasteiger partial charge in [-0.25, -0.2) is 0 Å². The number of benzene rings is 1. The van der Waals surface area contributed by atoms with Gasteiger partial charge in [-0.05, 0) is 48.9 Å². The number of aromatic nitrogens is 2. The number of hydrogen-bond acceptors (Lipinski definition) is 4. The van der Waals surface area contributed by atoms with E-state index in [1.54, 1.807) is 6.92 Å². The molecule has 0 spiro atoms. The molecule has 2 heterocycles. The van der Waals surface area contributed by atoms with Crippen molar-refractivity contribution in [3.8, 4) is 5.75 Å². The molecule has 0 saturated heterocycles. The third kappa shape index (κ3) is 3.00. The molecule has 6 nitrogen and oxygen atoms in total. The molecular weight excluding hydrogens is 342 g/mol. The molecule has 2 aromatic rings. The van der Waals surface area contributed by atoms with E-state index >= 15 is 0 Å². The van der Waals surface area contributed by atoms with E-state index in [1.807, 2.05) is 12.1 Å². The monoisotopic (exact) mass is 361 g/mol. The number of rotatable bonds is 4. The Balaban J connectivity index is 1.60. The number of carbonyl (C=O) groups excluding carboxylic acids is 1. The number of carbonyl (C=O) groups is 1. The van der Waals surface area contributed by atoms with Gasteiger partial charge >= 0.3 is 0 Å². The molecule has 1 aromatic carbocycles. The van der Waals surface area contributed by atoms with Crippen LogP contribution in [0, 0.1) is 12.8 Å². The lowest BCUT2D eigenvalue weighted by Crippen LogP contribution is -2.41. The summed E-state index contributed by atoms with van der Waals surface area (Å²) in [6, 6.07) is 5.85. The van der Waals surface area contributed by atoms with E-state index in [0.717, 1.165) is 23.3 Å². The second kappa shape index (κ2) is 6.35. The van der Waals surface area contributed by atoms with Gasteiger partial charge in [-0.15, -0.1) is 0 Å². The summed E-state index contributed by atoms with van der Waals surface area (Å²) < 4.78 is 5.56. The van der Waals surface area contributed by atoms with Crippen molar-refractivity contribution in [2.75, 3.05) is 6.61 Å². The van der Waals surface area contributed by atoms with E-state index in [9.17, 15) is 9.90 Å². The lowest BCUT2D eigenvalue weighted by molar-refractivity contribution is 0.0234. The van der Waals surface area contributed by atoms with Crippen molar-refractivity contribution in [2.45, 2.75) is 38.3 Å². The van der Waals surface area contributed by atoms with Gasteiger partial charge in [0.2, 0.25) is 0 Å². The van der Waals surface area contributed by atoms with Crippen LogP contribution in [0.25, 0.3) is 0 Å². The van der Waals surface area contributed by atoms with Gasteiger partial charge in [0.1, 0.15) is 5.75 Å². The lowest BCUT2D eigenvalue weighted by Gasteiger charge is -2.38. The zero-order valence-electron chi connectivity index (χ0n) is 13.9. The average molecular weight is 362 g/mol. The van der Waals surface area contributed by atoms with Crippen LogP contribution in [0.3, 0.4) is 0 Å². The van der Waals surface area contributed by atoms with Crippen molar-refractivity contribution >= 4 is 17.5 Å². The second-order valence-electron chi connectivity index (χ2n) is 6.81. The Bertz CT molecular complexity index is 814. The molecule has 0 bridgehead atoms. The van der Waals surface area contributed by atoms with Crippen LogP contribution in [0.1, 0.15) is 46.2 Å². The topological polar surface area (TPSA) is 87.2 Å². The quantitative estimate of drug-likeness (QED) is 0.781. The Hall–Kier alpha value is -2.05. The predicted octanol–water partition coefficient (Wildman–Crippen LogP) is 2.55. The highest BCUT2D eigenvalue weighted by Gasteiger charge is 2.36. The summed E-state index contributed by atoms with van der Waals surface area (Å²) in [5.41, 5.74) is 3.05. The van der Waals surface area contributed by atoms with E-state index in [0.29, 0.717) is 30.2 Å². The highest BCUT2D eigenvalue weighted by molar-refractivity contribution is 6.34. The third-order valence-corrected chi connectivity index (χ3v) is 5.53. The molecule has 1 aliphatic carbocycles. The van der Waals surface area contributed by atoms with Crippen LogP contribution in [0.15, 0.2) is 18.2 Å². The SMILES string of the molecule is Cc1[nH]nc(C(=O)N[C@@H](c2ccc3c(c2)CCO3)C2CC(O)C2)c1Cl. The largest absolute Gasteiger partial charge is 0.493 e. The summed E-state index contributed by atoms with van der Waals surface area (Å²) in [6.07, 6.45) is 1.93. The van der Waals surface area contributed by atoms with Crippen molar-refractivity contribution < 1.29 is 14.6 Å². The Morgan fingerprint density at radius 1 is 1.48 bits per heavy atom. The molecule has 2 aliphatic rings. The Kier molecular flexibility index (Phi) is 4.17. The van der Waals surface area contributed by atoms with Gasteiger partial charge < -0.3 is 15.2 Å². The lowest BCUT2D eigenvalue weighted by atomic mass is 9.75. The van der Waals surface area contributed by atoms with E-state index in [2.05, 4.69) is 21.6 Å². The summed E-state index contributed by atoms with van der Waals surface area (Å²) in [6.45, 7) is 2.46. The van der Waals surface area contributed by atoms with E-state index < -0.39 is 0 Å². The molecule has 4 rings (SSSR count). The molecular formula is C18H20ClN3O3. The zero-order valence-corrected chi connectivity index (χ0v) is 14.6. The predicted molar refractivity (Wildman–Crippen MR) is 92.9 cm³/mol. The molecule has 0 unspecified atom stereocenters. The molecule has 1 aromatic heterocycles. The number of hydrogen-bond donors (Lipinski definition) is 3. The van der Waals surface area contributed by atoms with Gasteiger partial charge in [0, 0.05) is 6.42 Å². The van der Waals surface area contributed by atoms with E-state index in [1.165, 1.54) is 0 Å². The number of aliphatic hydroxyl groups excluding tert-OH is 1. The highest BCUT2D eigenvalue weighted by atomic mass is 35.5. The number of halogens is 1. The number of amides is 1. The molecule has 0 radical (unpaired) electrons. The molecule has 7 heteroatoms. The van der Waals surface area contributed by atoms with Crippen molar-refractivity contribution in [3.63, 3.8) is 0 Å². The van der Waals surface area contributed by atoms with E-state index in [4.69, 9.17) is 16.3 Å². The first-order valence-corrected chi connectivity index (χ1v) is 8.85. The molecule has 1 aliphatic heterocycles. The minimum atomic E-state index is -0.308. The van der Waals surface area contributed by atoms with Crippen LogP contribution >= 0.6 is 11.6 Å². The van der Waals surface area contributed by atoms with Crippen LogP contribution in [-0.4, -0.2) is 33.9 Å². The molecule has 25 heavy (non-hydrogen) atoms. The zero-order chi connectivity index (χ0) is 17.6. The average Bonchev–Trinajstić information content (AvgIpc) is 3.16. The Labute approximate surface area is 150 Å². The normalized spacial score (nSPS) is 22.7. The molecule has 132 valence electrons. The summed E-state index contributed by atoms with van der Waals surface area (Å²) >= 11 is 6.15. The third-order valence-electron chi connectivity index (χ3n) is 5.07. The second-order valence-corrected chi connectivity index (χ2v) is 7.19. The fourth-order valence-corrected chi connectivity index (χ4v) is 3.72. The maximum atomic E-state index is 12.7. The summed E-state index contributed by atoms with van der Waals surface area (Å²) in [5.74, 6) is 0.795. The molecule has 1 saturated carbocycles. The smallest absolute Gasteiger partial charge is 0.273 e. The maximum absolute atomic E-state index is 12.7. The summed E-state index contributed by atoms with van der Waals surface area (Å²) in [4.78, 5) is 12.7. The standard InChI is InChI=1S/C18H20ClN3O3/c1-9-15(19)17(22-21-9)18(24)20-16(12-7-13(23)8-12)11-2-3-14-10(6-11)4-5-25-14/h2-3,6,12-13,16,23H,4-5,7-8H2,1H3,(H,20,24)(H,21,22)/t12?,13?,16-/m0/s1. The molecule has 3 N–H and O–H groups in total. The number of nitrogens with zero attached hydrogens (tertiary/aromatic N) is 1. The van der Waals surface area contributed by atoms with Crippen LogP contribution in [0.2, 0.25) is 5.02 Å². The van der Waals surface area contributed by atoms with Gasteiger partial charge in [0.25, 0.3) is 5.91 Å². The first-order valence-electron chi connectivity index (χ1n) is 8.48. The van der Waals surface area contributed by atoms with Crippen molar-refractivity contribution in [1.29, 1.82) is 0 Å². The van der Waals surface area contributed by atoms with Crippen molar-refractivity contribution in [2.24, 2.45) is 5.92 Å². The number of fused-ring (bicyclic) bond motifs is 1. The van der Waals surface area contributed by atoms with Crippen LogP contribution in [-0.2, 0) is 6.42 Å². The van der Waals surface area contributed by atoms with Crippen molar-refractivity contribution in [3.05, 3.63) is 45.7 Å². The molecule has 1 amide bonds. The fraction of sp³-hybridized carbons (Fsp3) is 0.444. The van der Waals surface area contributed by atoms with Gasteiger partial charge in [-0.3, -0.25) is 9.89 Å². The number of ether oxygens (including phenoxy) is 1. The van der Waals surface area contributed by atoms with Gasteiger partial charge in [0.05, 0.1) is 29.5 Å². The number of aromatic amines is 1. The van der Waals surface area contributed by atoms with E-state index in [-0.39, 0.29) is 29.7 Å². The molecule has 1 atom stereocenters. The summed E-state index contributed by atoms with van der Waals surface area (Å²) in [5, 5.41) is 19.8. The number of nitrogens with one attached hydrogen (secondary N) is 2. The Morgan fingerprint density at radius 2 is 2.28 bits per heavy atom. The number of H-pyrrole nitrogens is 1.